The van der Waals surface area contributed by atoms with Crippen molar-refractivity contribution in [3.05, 3.63) is 53.8 Å². The molecule has 0 N–H and O–H groups in total. The van der Waals surface area contributed by atoms with Crippen molar-refractivity contribution < 1.29 is 23.4 Å². The number of anilines is 2. The van der Waals surface area contributed by atoms with Crippen LogP contribution in [0.4, 0.5) is 15.8 Å². The van der Waals surface area contributed by atoms with Gasteiger partial charge in [0, 0.05) is 63.4 Å². The topological polar surface area (TPSA) is 54.5 Å². The minimum atomic E-state index is -0.370. The van der Waals surface area contributed by atoms with Crippen molar-refractivity contribution in [2.45, 2.75) is 50.9 Å². The van der Waals surface area contributed by atoms with E-state index in [0.717, 1.165) is 64.0 Å². The van der Waals surface area contributed by atoms with Crippen LogP contribution in [0.3, 0.4) is 0 Å². The van der Waals surface area contributed by atoms with E-state index in [1.54, 1.807) is 37.4 Å². The van der Waals surface area contributed by atoms with Crippen LogP contribution in [0.1, 0.15) is 49.4 Å². The zero-order valence-corrected chi connectivity index (χ0v) is 22.0. The Bertz CT molecular complexity index is 1060. The highest BCUT2D eigenvalue weighted by Crippen LogP contribution is 2.34. The number of unbranched alkanes of at least 4 members (excludes halogenated alkanes) is 1. The molecule has 0 bridgehead atoms. The van der Waals surface area contributed by atoms with E-state index in [1.165, 1.54) is 11.0 Å². The van der Waals surface area contributed by atoms with E-state index >= 15 is 4.39 Å². The molecule has 8 heteroatoms. The summed E-state index contributed by atoms with van der Waals surface area (Å²) in [5.41, 5.74) is 1.66. The lowest BCUT2D eigenvalue weighted by atomic mass is 10.0. The molecule has 0 saturated carbocycles. The van der Waals surface area contributed by atoms with Gasteiger partial charge in [-0.05, 0) is 55.3 Å². The quantitative estimate of drug-likeness (QED) is 0.479. The molecular formula is C29H38FN3O4. The fraction of sp³-hybridized carbons (Fsp3) is 0.552. The second-order valence-electron chi connectivity index (χ2n) is 10.3. The molecule has 2 aromatic carbocycles. The Kier molecular flexibility index (Phi) is 7.98. The van der Waals surface area contributed by atoms with Crippen molar-refractivity contribution in [2.24, 2.45) is 0 Å². The number of amides is 1. The number of benzene rings is 2. The van der Waals surface area contributed by atoms with E-state index in [0.29, 0.717) is 42.8 Å². The molecule has 3 aliphatic heterocycles. The molecule has 3 saturated heterocycles. The first kappa shape index (κ1) is 25.9. The van der Waals surface area contributed by atoms with Crippen LogP contribution in [-0.2, 0) is 9.47 Å². The van der Waals surface area contributed by atoms with Crippen LogP contribution < -0.4 is 14.5 Å². The maximum atomic E-state index is 15.3. The van der Waals surface area contributed by atoms with Gasteiger partial charge in [-0.1, -0.05) is 13.3 Å². The summed E-state index contributed by atoms with van der Waals surface area (Å²) in [4.78, 5) is 19.1. The predicted octanol–water partition coefficient (Wildman–Crippen LogP) is 4.70. The van der Waals surface area contributed by atoms with Crippen LogP contribution in [0.25, 0.3) is 0 Å². The number of piperidine rings is 1. The number of hydrogen-bond donors (Lipinski definition) is 0. The molecule has 2 aromatic rings. The highest BCUT2D eigenvalue weighted by atomic mass is 19.1. The van der Waals surface area contributed by atoms with E-state index in [9.17, 15) is 4.79 Å². The number of carbonyl (C=O) groups is 1. The summed E-state index contributed by atoms with van der Waals surface area (Å²) >= 11 is 0. The SMILES string of the molecule is CCCCOc1ccc(C(=O)N(C)c2ccc(N3CCC(N4CCC5(CC4)OCCO5)C3)c(F)c2)cc1. The van der Waals surface area contributed by atoms with Crippen molar-refractivity contribution in [1.29, 1.82) is 0 Å². The molecule has 3 fully saturated rings. The lowest BCUT2D eigenvalue weighted by Gasteiger charge is -2.40. The minimum Gasteiger partial charge on any atom is -0.494 e. The molecular weight excluding hydrogens is 473 g/mol. The van der Waals surface area contributed by atoms with Crippen molar-refractivity contribution in [2.75, 3.05) is 62.8 Å². The maximum absolute atomic E-state index is 15.3. The molecule has 0 radical (unpaired) electrons. The summed E-state index contributed by atoms with van der Waals surface area (Å²) in [7, 11) is 1.68. The Morgan fingerprint density at radius 2 is 1.84 bits per heavy atom. The van der Waals surface area contributed by atoms with E-state index in [1.807, 2.05) is 6.07 Å². The number of ether oxygens (including phenoxy) is 3. The van der Waals surface area contributed by atoms with E-state index in [2.05, 4.69) is 16.7 Å². The van der Waals surface area contributed by atoms with Crippen LogP contribution in [0, 0.1) is 5.82 Å². The number of carbonyl (C=O) groups excluding carboxylic acids is 1. The van der Waals surface area contributed by atoms with Crippen LogP contribution in [-0.4, -0.2) is 75.7 Å². The number of nitrogens with zero attached hydrogens (tertiary/aromatic N) is 3. The standard InChI is InChI=1S/C29H38FN3O4/c1-3-4-17-35-25-8-5-22(6-9-25)28(34)31(2)23-7-10-27(26(30)20-23)33-14-11-24(21-33)32-15-12-29(13-16-32)36-18-19-37-29/h5-10,20,24H,3-4,11-19,21H2,1-2H3. The van der Waals surface area contributed by atoms with Crippen molar-refractivity contribution >= 4 is 17.3 Å². The molecule has 3 aliphatic rings. The lowest BCUT2D eigenvalue weighted by molar-refractivity contribution is -0.187. The van der Waals surface area contributed by atoms with E-state index < -0.39 is 0 Å². The molecule has 37 heavy (non-hydrogen) atoms. The largest absolute Gasteiger partial charge is 0.494 e. The molecule has 0 aliphatic carbocycles. The van der Waals surface area contributed by atoms with E-state index in [-0.39, 0.29) is 17.5 Å². The smallest absolute Gasteiger partial charge is 0.258 e. The third-order valence-corrected chi connectivity index (χ3v) is 7.88. The summed E-state index contributed by atoms with van der Waals surface area (Å²) in [6, 6.07) is 12.6. The van der Waals surface area contributed by atoms with Crippen molar-refractivity contribution in [1.82, 2.24) is 4.90 Å². The van der Waals surface area contributed by atoms with Gasteiger partial charge in [-0.15, -0.1) is 0 Å². The second-order valence-corrected chi connectivity index (χ2v) is 10.3. The Labute approximate surface area is 219 Å². The molecule has 1 spiro atoms. The van der Waals surface area contributed by atoms with Gasteiger partial charge in [0.1, 0.15) is 11.6 Å². The summed E-state index contributed by atoms with van der Waals surface area (Å²) in [6.07, 6.45) is 4.85. The van der Waals surface area contributed by atoms with Gasteiger partial charge in [0.2, 0.25) is 0 Å². The van der Waals surface area contributed by atoms with Crippen LogP contribution in [0.15, 0.2) is 42.5 Å². The lowest BCUT2D eigenvalue weighted by Crippen LogP contribution is -2.49. The average molecular weight is 512 g/mol. The molecule has 3 heterocycles. The summed E-state index contributed by atoms with van der Waals surface area (Å²) in [6.45, 7) is 7.65. The van der Waals surface area contributed by atoms with Crippen molar-refractivity contribution in [3.63, 3.8) is 0 Å². The zero-order chi connectivity index (χ0) is 25.8. The zero-order valence-electron chi connectivity index (χ0n) is 22.0. The average Bonchev–Trinajstić information content (AvgIpc) is 3.59. The van der Waals surface area contributed by atoms with Gasteiger partial charge in [0.05, 0.1) is 25.5 Å². The van der Waals surface area contributed by atoms with Crippen LogP contribution in [0.2, 0.25) is 0 Å². The highest BCUT2D eigenvalue weighted by Gasteiger charge is 2.42. The minimum absolute atomic E-state index is 0.188. The number of rotatable bonds is 8. The molecule has 200 valence electrons. The molecule has 0 aromatic heterocycles. The number of hydrogen-bond acceptors (Lipinski definition) is 6. The second kappa shape index (κ2) is 11.4. The molecule has 7 nitrogen and oxygen atoms in total. The summed E-state index contributed by atoms with van der Waals surface area (Å²) < 4.78 is 32.6. The summed E-state index contributed by atoms with van der Waals surface area (Å²) in [5, 5.41) is 0. The van der Waals surface area contributed by atoms with E-state index in [4.69, 9.17) is 14.2 Å². The van der Waals surface area contributed by atoms with Gasteiger partial charge in [0.25, 0.3) is 5.91 Å². The first-order valence-electron chi connectivity index (χ1n) is 13.6. The normalized spacial score (nSPS) is 21.5. The molecule has 1 atom stereocenters. The molecule has 1 amide bonds. The van der Waals surface area contributed by atoms with Crippen LogP contribution in [0.5, 0.6) is 5.75 Å². The first-order chi connectivity index (χ1) is 18.0. The van der Waals surface area contributed by atoms with Gasteiger partial charge >= 0.3 is 0 Å². The predicted molar refractivity (Wildman–Crippen MR) is 142 cm³/mol. The highest BCUT2D eigenvalue weighted by molar-refractivity contribution is 6.05. The fourth-order valence-corrected chi connectivity index (χ4v) is 5.57. The maximum Gasteiger partial charge on any atom is 0.258 e. The first-order valence-corrected chi connectivity index (χ1v) is 13.6. The Morgan fingerprint density at radius 3 is 2.51 bits per heavy atom. The third kappa shape index (κ3) is 5.76. The van der Waals surface area contributed by atoms with Gasteiger partial charge in [-0.2, -0.15) is 0 Å². The number of halogens is 1. The van der Waals surface area contributed by atoms with Crippen LogP contribution >= 0.6 is 0 Å². The van der Waals surface area contributed by atoms with Gasteiger partial charge in [0.15, 0.2) is 5.79 Å². The third-order valence-electron chi connectivity index (χ3n) is 7.88. The Balaban J connectivity index is 1.17. The van der Waals surface area contributed by atoms with Crippen molar-refractivity contribution in [3.8, 4) is 5.75 Å². The monoisotopic (exact) mass is 511 g/mol. The van der Waals surface area contributed by atoms with Gasteiger partial charge in [-0.3, -0.25) is 9.69 Å². The Hall–Kier alpha value is -2.68. The number of likely N-dealkylation sites (tertiary alicyclic amines) is 1. The molecule has 1 unspecified atom stereocenters. The Morgan fingerprint density at radius 1 is 1.11 bits per heavy atom. The van der Waals surface area contributed by atoms with Gasteiger partial charge in [-0.25, -0.2) is 4.39 Å². The summed E-state index contributed by atoms with van der Waals surface area (Å²) in [5.74, 6) is -0.115. The van der Waals surface area contributed by atoms with Gasteiger partial charge < -0.3 is 24.0 Å². The fourth-order valence-electron chi connectivity index (χ4n) is 5.57. The molecule has 5 rings (SSSR count).